The first-order valence-electron chi connectivity index (χ1n) is 5.94. The second-order valence-electron chi connectivity index (χ2n) is 4.91. The molecule has 0 aromatic carbocycles. The number of hydrogen-bond donors (Lipinski definition) is 1. The first kappa shape index (κ1) is 13.0. The number of aryl methyl sites for hydroxylation is 1. The zero-order valence-electron chi connectivity index (χ0n) is 10.8. The van der Waals surface area contributed by atoms with Gasteiger partial charge < -0.3 is 10.5 Å². The van der Waals surface area contributed by atoms with Crippen LogP contribution in [-0.2, 0) is 11.3 Å². The average Bonchev–Trinajstić information content (AvgIpc) is 2.64. The molecule has 1 aliphatic rings. The molecule has 0 unspecified atom stereocenters. The fraction of sp³-hybridized carbons (Fsp3) is 0.750. The highest BCUT2D eigenvalue weighted by atomic mass is 32.1. The number of thiazole rings is 1. The van der Waals surface area contributed by atoms with E-state index >= 15 is 0 Å². The van der Waals surface area contributed by atoms with Gasteiger partial charge >= 0.3 is 0 Å². The Hall–Kier alpha value is -0.490. The van der Waals surface area contributed by atoms with E-state index in [1.165, 1.54) is 4.88 Å². The number of hydrogen-bond acceptors (Lipinski definition) is 5. The maximum atomic E-state index is 5.94. The number of aromatic nitrogens is 1. The molecule has 96 valence electrons. The third kappa shape index (κ3) is 2.38. The van der Waals surface area contributed by atoms with Crippen LogP contribution in [0, 0.1) is 6.92 Å². The summed E-state index contributed by atoms with van der Waals surface area (Å²) >= 11 is 1.72. The van der Waals surface area contributed by atoms with E-state index in [0.717, 1.165) is 25.1 Å². The van der Waals surface area contributed by atoms with Gasteiger partial charge in [0, 0.05) is 30.6 Å². The van der Waals surface area contributed by atoms with Crippen molar-refractivity contribution in [1.29, 1.82) is 0 Å². The molecule has 1 aromatic rings. The zero-order valence-corrected chi connectivity index (χ0v) is 11.6. The van der Waals surface area contributed by atoms with E-state index < -0.39 is 0 Å². The second-order valence-corrected chi connectivity index (χ2v) is 5.85. The van der Waals surface area contributed by atoms with Crippen LogP contribution in [0.3, 0.4) is 0 Å². The molecule has 1 heterocycles. The van der Waals surface area contributed by atoms with Gasteiger partial charge in [-0.05, 0) is 26.8 Å². The standard InChI is InChI=1S/C12H21N3OS/c1-9-11(17-8-14-9)6-15(2)12(7-13)4-10(5-12)16-3/h8,10H,4-7,13H2,1-3H3. The van der Waals surface area contributed by atoms with E-state index in [2.05, 4.69) is 23.9 Å². The first-order chi connectivity index (χ1) is 8.11. The summed E-state index contributed by atoms with van der Waals surface area (Å²) in [7, 11) is 3.93. The number of ether oxygens (including phenoxy) is 1. The van der Waals surface area contributed by atoms with Gasteiger partial charge in [0.2, 0.25) is 0 Å². The summed E-state index contributed by atoms with van der Waals surface area (Å²) in [6.45, 7) is 3.69. The number of likely N-dealkylation sites (N-methyl/N-ethyl adjacent to an activating group) is 1. The maximum Gasteiger partial charge on any atom is 0.0798 e. The summed E-state index contributed by atoms with van der Waals surface area (Å²) in [5, 5.41) is 0. The summed E-state index contributed by atoms with van der Waals surface area (Å²) in [5.74, 6) is 0. The zero-order chi connectivity index (χ0) is 12.5. The molecule has 17 heavy (non-hydrogen) atoms. The fourth-order valence-corrected chi connectivity index (χ4v) is 3.28. The molecular weight excluding hydrogens is 234 g/mol. The highest BCUT2D eigenvalue weighted by molar-refractivity contribution is 7.09. The van der Waals surface area contributed by atoms with Gasteiger partial charge in [0.1, 0.15) is 0 Å². The molecule has 0 amide bonds. The third-order valence-corrected chi connectivity index (χ3v) is 4.88. The molecule has 0 radical (unpaired) electrons. The molecule has 0 aliphatic heterocycles. The topological polar surface area (TPSA) is 51.4 Å². The maximum absolute atomic E-state index is 5.94. The predicted molar refractivity (Wildman–Crippen MR) is 70.1 cm³/mol. The highest BCUT2D eigenvalue weighted by Crippen LogP contribution is 2.39. The Morgan fingerprint density at radius 2 is 2.35 bits per heavy atom. The Bertz CT molecular complexity index is 374. The largest absolute Gasteiger partial charge is 0.381 e. The van der Waals surface area contributed by atoms with Crippen LogP contribution in [0.4, 0.5) is 0 Å². The summed E-state index contributed by atoms with van der Waals surface area (Å²) < 4.78 is 5.36. The van der Waals surface area contributed by atoms with Crippen molar-refractivity contribution in [3.63, 3.8) is 0 Å². The first-order valence-corrected chi connectivity index (χ1v) is 6.82. The van der Waals surface area contributed by atoms with Crippen molar-refractivity contribution in [1.82, 2.24) is 9.88 Å². The minimum Gasteiger partial charge on any atom is -0.381 e. The van der Waals surface area contributed by atoms with Gasteiger partial charge in [-0.15, -0.1) is 11.3 Å². The summed E-state index contributed by atoms with van der Waals surface area (Å²) in [6, 6.07) is 0. The number of rotatable bonds is 5. The summed E-state index contributed by atoms with van der Waals surface area (Å²) in [4.78, 5) is 7.99. The molecule has 5 heteroatoms. The lowest BCUT2D eigenvalue weighted by atomic mass is 9.73. The van der Waals surface area contributed by atoms with Crippen molar-refractivity contribution in [2.75, 3.05) is 20.7 Å². The van der Waals surface area contributed by atoms with Gasteiger partial charge in [-0.1, -0.05) is 0 Å². The van der Waals surface area contributed by atoms with Crippen LogP contribution in [0.25, 0.3) is 0 Å². The SMILES string of the molecule is COC1CC(CN)(N(C)Cc2scnc2C)C1. The molecule has 1 aromatic heterocycles. The molecule has 0 spiro atoms. The van der Waals surface area contributed by atoms with E-state index in [4.69, 9.17) is 10.5 Å². The smallest absolute Gasteiger partial charge is 0.0798 e. The Morgan fingerprint density at radius 1 is 1.65 bits per heavy atom. The van der Waals surface area contributed by atoms with Crippen molar-refractivity contribution in [2.24, 2.45) is 5.73 Å². The lowest BCUT2D eigenvalue weighted by Gasteiger charge is -2.52. The molecule has 0 bridgehead atoms. The predicted octanol–water partition coefficient (Wildman–Crippen LogP) is 1.39. The lowest BCUT2D eigenvalue weighted by molar-refractivity contribution is -0.0809. The molecule has 1 saturated carbocycles. The molecule has 1 aliphatic carbocycles. The van der Waals surface area contributed by atoms with E-state index in [1.54, 1.807) is 18.4 Å². The molecule has 0 atom stereocenters. The van der Waals surface area contributed by atoms with Crippen LogP contribution in [0.15, 0.2) is 5.51 Å². The molecule has 0 saturated heterocycles. The molecular formula is C12H21N3OS. The fourth-order valence-electron chi connectivity index (χ4n) is 2.45. The van der Waals surface area contributed by atoms with Crippen LogP contribution in [-0.4, -0.2) is 42.2 Å². The molecule has 4 nitrogen and oxygen atoms in total. The Balaban J connectivity index is 2.00. The van der Waals surface area contributed by atoms with Crippen LogP contribution < -0.4 is 5.73 Å². The summed E-state index contributed by atoms with van der Waals surface area (Å²) in [6.07, 6.45) is 2.45. The molecule has 2 rings (SSSR count). The number of nitrogens with two attached hydrogens (primary N) is 1. The van der Waals surface area contributed by atoms with E-state index in [9.17, 15) is 0 Å². The Kier molecular flexibility index (Phi) is 3.82. The van der Waals surface area contributed by atoms with Crippen molar-refractivity contribution >= 4 is 11.3 Å². The Labute approximate surface area is 107 Å². The van der Waals surface area contributed by atoms with Crippen molar-refractivity contribution < 1.29 is 4.74 Å². The molecule has 1 fully saturated rings. The summed E-state index contributed by atoms with van der Waals surface area (Å²) in [5.41, 5.74) is 9.11. The minimum absolute atomic E-state index is 0.122. The van der Waals surface area contributed by atoms with Crippen LogP contribution in [0.2, 0.25) is 0 Å². The number of methoxy groups -OCH3 is 1. The van der Waals surface area contributed by atoms with Crippen molar-refractivity contribution in [3.05, 3.63) is 16.1 Å². The lowest BCUT2D eigenvalue weighted by Crippen LogP contribution is -2.62. The Morgan fingerprint density at radius 3 is 2.82 bits per heavy atom. The van der Waals surface area contributed by atoms with Crippen molar-refractivity contribution in [2.45, 2.75) is 38.0 Å². The van der Waals surface area contributed by atoms with E-state index in [-0.39, 0.29) is 5.54 Å². The highest BCUT2D eigenvalue weighted by Gasteiger charge is 2.46. The van der Waals surface area contributed by atoms with Gasteiger partial charge in [0.25, 0.3) is 0 Å². The minimum atomic E-state index is 0.122. The number of nitrogens with zero attached hydrogens (tertiary/aromatic N) is 2. The van der Waals surface area contributed by atoms with Crippen molar-refractivity contribution in [3.8, 4) is 0 Å². The normalized spacial score (nSPS) is 28.4. The second kappa shape index (κ2) is 5.02. The van der Waals surface area contributed by atoms with Gasteiger partial charge in [-0.25, -0.2) is 4.98 Å². The van der Waals surface area contributed by atoms with E-state index in [1.807, 2.05) is 5.51 Å². The molecule has 2 N–H and O–H groups in total. The average molecular weight is 255 g/mol. The van der Waals surface area contributed by atoms with Gasteiger partial charge in [-0.2, -0.15) is 0 Å². The van der Waals surface area contributed by atoms with Crippen LogP contribution in [0.5, 0.6) is 0 Å². The quantitative estimate of drug-likeness (QED) is 0.864. The van der Waals surface area contributed by atoms with E-state index in [0.29, 0.717) is 12.6 Å². The van der Waals surface area contributed by atoms with Gasteiger partial charge in [0.15, 0.2) is 0 Å². The monoisotopic (exact) mass is 255 g/mol. The van der Waals surface area contributed by atoms with Gasteiger partial charge in [0.05, 0.1) is 17.3 Å². The van der Waals surface area contributed by atoms with Crippen LogP contribution >= 0.6 is 11.3 Å². The van der Waals surface area contributed by atoms with Gasteiger partial charge in [-0.3, -0.25) is 4.90 Å². The van der Waals surface area contributed by atoms with Crippen LogP contribution in [0.1, 0.15) is 23.4 Å². The third-order valence-electron chi connectivity index (χ3n) is 3.96.